The number of anilines is 1. The third kappa shape index (κ3) is 5.25. The first-order chi connectivity index (χ1) is 14.7. The summed E-state index contributed by atoms with van der Waals surface area (Å²) >= 11 is 0. The van der Waals surface area contributed by atoms with Crippen molar-refractivity contribution in [3.63, 3.8) is 0 Å². The average molecular weight is 398 g/mol. The Labute approximate surface area is 180 Å². The maximum atomic E-state index is 4.31. The second-order valence-corrected chi connectivity index (χ2v) is 7.35. The SMILES string of the molecule is C=CC/C(=C\C)c1ccc2cnc(NC)cc2c1.C=Cc1ccc2c(c1)CNCC2. The predicted molar refractivity (Wildman–Crippen MR) is 132 cm³/mol. The number of allylic oxidation sites excluding steroid dienone is 3. The van der Waals surface area contributed by atoms with Gasteiger partial charge in [0.25, 0.3) is 0 Å². The number of benzene rings is 2. The molecule has 0 aliphatic carbocycles. The van der Waals surface area contributed by atoms with Gasteiger partial charge in [-0.15, -0.1) is 6.58 Å². The molecule has 0 bridgehead atoms. The van der Waals surface area contributed by atoms with E-state index in [1.807, 2.05) is 25.4 Å². The monoisotopic (exact) mass is 397 g/mol. The van der Waals surface area contributed by atoms with Crippen LogP contribution in [0.4, 0.5) is 5.82 Å². The van der Waals surface area contributed by atoms with Crippen LogP contribution in [0.3, 0.4) is 0 Å². The highest BCUT2D eigenvalue weighted by Gasteiger charge is 2.07. The predicted octanol–water partition coefficient (Wildman–Crippen LogP) is 6.23. The molecule has 1 aliphatic heterocycles. The first-order valence-corrected chi connectivity index (χ1v) is 10.5. The van der Waals surface area contributed by atoms with E-state index in [1.165, 1.54) is 33.2 Å². The largest absolute Gasteiger partial charge is 0.373 e. The fraction of sp³-hybridized carbons (Fsp3) is 0.222. The Morgan fingerprint density at radius 1 is 1.10 bits per heavy atom. The van der Waals surface area contributed by atoms with Crippen molar-refractivity contribution in [1.82, 2.24) is 10.3 Å². The second-order valence-electron chi connectivity index (χ2n) is 7.35. The molecular formula is C27H31N3. The molecule has 30 heavy (non-hydrogen) atoms. The normalized spacial score (nSPS) is 13.1. The molecule has 3 aromatic rings. The molecule has 0 radical (unpaired) electrons. The Kier molecular flexibility index (Phi) is 7.58. The number of pyridine rings is 1. The summed E-state index contributed by atoms with van der Waals surface area (Å²) in [5, 5.41) is 8.79. The molecule has 0 unspecified atom stereocenters. The summed E-state index contributed by atoms with van der Waals surface area (Å²) in [6.07, 6.45) is 9.93. The van der Waals surface area contributed by atoms with Gasteiger partial charge in [0.05, 0.1) is 0 Å². The molecule has 0 saturated heterocycles. The molecule has 2 aromatic carbocycles. The lowest BCUT2D eigenvalue weighted by Crippen LogP contribution is -2.23. The average Bonchev–Trinajstić information content (AvgIpc) is 2.81. The van der Waals surface area contributed by atoms with Crippen LogP contribution in [0.15, 0.2) is 74.0 Å². The van der Waals surface area contributed by atoms with E-state index in [2.05, 4.69) is 84.2 Å². The minimum Gasteiger partial charge on any atom is -0.373 e. The summed E-state index contributed by atoms with van der Waals surface area (Å²) in [6, 6.07) is 15.1. The Morgan fingerprint density at radius 2 is 1.97 bits per heavy atom. The maximum Gasteiger partial charge on any atom is 0.126 e. The fourth-order valence-electron chi connectivity index (χ4n) is 3.66. The van der Waals surface area contributed by atoms with E-state index >= 15 is 0 Å². The smallest absolute Gasteiger partial charge is 0.126 e. The molecule has 0 saturated carbocycles. The molecule has 0 amide bonds. The van der Waals surface area contributed by atoms with Gasteiger partial charge in [-0.1, -0.05) is 55.1 Å². The fourth-order valence-corrected chi connectivity index (χ4v) is 3.66. The van der Waals surface area contributed by atoms with Gasteiger partial charge < -0.3 is 10.6 Å². The molecule has 1 aliphatic rings. The maximum absolute atomic E-state index is 4.31. The lowest BCUT2D eigenvalue weighted by atomic mass is 9.99. The van der Waals surface area contributed by atoms with Gasteiger partial charge >= 0.3 is 0 Å². The van der Waals surface area contributed by atoms with E-state index in [0.717, 1.165) is 37.1 Å². The van der Waals surface area contributed by atoms with E-state index in [0.29, 0.717) is 0 Å². The van der Waals surface area contributed by atoms with Gasteiger partial charge in [-0.25, -0.2) is 4.98 Å². The van der Waals surface area contributed by atoms with Gasteiger partial charge in [-0.3, -0.25) is 0 Å². The zero-order chi connectivity index (χ0) is 21.3. The third-order valence-electron chi connectivity index (χ3n) is 5.41. The zero-order valence-electron chi connectivity index (χ0n) is 18.0. The molecule has 154 valence electrons. The minimum absolute atomic E-state index is 0.894. The Morgan fingerprint density at radius 3 is 2.70 bits per heavy atom. The van der Waals surface area contributed by atoms with Crippen LogP contribution in [0.25, 0.3) is 22.4 Å². The van der Waals surface area contributed by atoms with Gasteiger partial charge in [0.15, 0.2) is 0 Å². The summed E-state index contributed by atoms with van der Waals surface area (Å²) in [4.78, 5) is 4.31. The summed E-state index contributed by atoms with van der Waals surface area (Å²) in [7, 11) is 1.88. The molecule has 4 rings (SSSR count). The van der Waals surface area contributed by atoms with Gasteiger partial charge in [-0.2, -0.15) is 0 Å². The molecule has 3 heteroatoms. The van der Waals surface area contributed by atoms with Crippen molar-refractivity contribution >= 4 is 28.2 Å². The highest BCUT2D eigenvalue weighted by molar-refractivity contribution is 5.87. The van der Waals surface area contributed by atoms with Gasteiger partial charge in [0.2, 0.25) is 0 Å². The summed E-state index contributed by atoms with van der Waals surface area (Å²) in [5.41, 5.74) is 6.68. The number of rotatable bonds is 5. The molecule has 0 fully saturated rings. The summed E-state index contributed by atoms with van der Waals surface area (Å²) in [5.74, 6) is 0.894. The van der Waals surface area contributed by atoms with E-state index in [-0.39, 0.29) is 0 Å². The summed E-state index contributed by atoms with van der Waals surface area (Å²) < 4.78 is 0. The zero-order valence-corrected chi connectivity index (χ0v) is 18.0. The van der Waals surface area contributed by atoms with Crippen LogP contribution in [0.5, 0.6) is 0 Å². The minimum atomic E-state index is 0.894. The number of aromatic nitrogens is 1. The van der Waals surface area contributed by atoms with Gasteiger partial charge in [-0.05, 0) is 71.7 Å². The number of fused-ring (bicyclic) bond motifs is 2. The first-order valence-electron chi connectivity index (χ1n) is 10.5. The van der Waals surface area contributed by atoms with Crippen LogP contribution >= 0.6 is 0 Å². The number of hydrogen-bond acceptors (Lipinski definition) is 3. The topological polar surface area (TPSA) is 37.0 Å². The van der Waals surface area contributed by atoms with Crippen LogP contribution < -0.4 is 10.6 Å². The van der Waals surface area contributed by atoms with Crippen LogP contribution in [0, 0.1) is 0 Å². The number of nitrogens with one attached hydrogen (secondary N) is 2. The van der Waals surface area contributed by atoms with Crippen molar-refractivity contribution < 1.29 is 0 Å². The quantitative estimate of drug-likeness (QED) is 0.501. The number of nitrogens with zero attached hydrogens (tertiary/aromatic N) is 1. The summed E-state index contributed by atoms with van der Waals surface area (Å²) in [6.45, 7) is 11.7. The van der Waals surface area contributed by atoms with Gasteiger partial charge in [0.1, 0.15) is 5.82 Å². The first kappa shape index (κ1) is 21.5. The van der Waals surface area contributed by atoms with E-state index in [4.69, 9.17) is 0 Å². The van der Waals surface area contributed by atoms with E-state index in [9.17, 15) is 0 Å². The molecule has 3 nitrogen and oxygen atoms in total. The van der Waals surface area contributed by atoms with Crippen LogP contribution in [0.2, 0.25) is 0 Å². The molecule has 2 heterocycles. The van der Waals surface area contributed by atoms with Crippen molar-refractivity contribution in [2.24, 2.45) is 0 Å². The molecule has 0 atom stereocenters. The third-order valence-corrected chi connectivity index (χ3v) is 5.41. The number of hydrogen-bond donors (Lipinski definition) is 2. The van der Waals surface area contributed by atoms with Crippen molar-refractivity contribution in [2.45, 2.75) is 26.3 Å². The molecular weight excluding hydrogens is 366 g/mol. The molecule has 0 spiro atoms. The standard InChI is InChI=1S/C16H18N2.C11H13N/c1-4-6-12(5-2)13-7-8-14-11-18-16(17-3)10-15(14)9-13;1-2-9-3-4-10-5-6-12-8-11(10)7-9/h4-5,7-11H,1,6H2,2-3H3,(H,17,18);2-4,7,12H,1,5-6,8H2/b12-5+;. The Balaban J connectivity index is 0.000000184. The molecule has 1 aromatic heterocycles. The lowest BCUT2D eigenvalue weighted by Gasteiger charge is -2.16. The van der Waals surface area contributed by atoms with Crippen molar-refractivity contribution in [2.75, 3.05) is 18.9 Å². The van der Waals surface area contributed by atoms with Crippen molar-refractivity contribution in [3.05, 3.63) is 96.2 Å². The van der Waals surface area contributed by atoms with Gasteiger partial charge in [0, 0.05) is 25.2 Å². The van der Waals surface area contributed by atoms with Crippen LogP contribution in [0.1, 0.15) is 35.6 Å². The Bertz CT molecular complexity index is 1060. The highest BCUT2D eigenvalue weighted by atomic mass is 14.9. The van der Waals surface area contributed by atoms with Crippen LogP contribution in [-0.4, -0.2) is 18.6 Å². The molecule has 2 N–H and O–H groups in total. The lowest BCUT2D eigenvalue weighted by molar-refractivity contribution is 0.643. The van der Waals surface area contributed by atoms with Crippen molar-refractivity contribution in [1.29, 1.82) is 0 Å². The second kappa shape index (κ2) is 10.6. The van der Waals surface area contributed by atoms with E-state index in [1.54, 1.807) is 0 Å². The Hall–Kier alpha value is -3.17. The van der Waals surface area contributed by atoms with Crippen molar-refractivity contribution in [3.8, 4) is 0 Å². The van der Waals surface area contributed by atoms with E-state index < -0.39 is 0 Å². The highest BCUT2D eigenvalue weighted by Crippen LogP contribution is 2.24. The van der Waals surface area contributed by atoms with Crippen LogP contribution in [-0.2, 0) is 13.0 Å².